The summed E-state index contributed by atoms with van der Waals surface area (Å²) in [5, 5.41) is 3.18. The first-order valence-corrected chi connectivity index (χ1v) is 11.8. The number of nitrogens with one attached hydrogen (secondary N) is 1. The number of likely N-dealkylation sites (tertiary alicyclic amines) is 1. The quantitative estimate of drug-likeness (QED) is 0.608. The third-order valence-electron chi connectivity index (χ3n) is 4.77. The monoisotopic (exact) mass is 431 g/mol. The summed E-state index contributed by atoms with van der Waals surface area (Å²) in [4.78, 5) is 14.8. The van der Waals surface area contributed by atoms with Gasteiger partial charge in [0.15, 0.2) is 0 Å². The highest BCUT2D eigenvalue weighted by Gasteiger charge is 2.24. The molecule has 1 fully saturated rings. The van der Waals surface area contributed by atoms with E-state index >= 15 is 0 Å². The van der Waals surface area contributed by atoms with E-state index in [4.69, 9.17) is 16.3 Å². The Morgan fingerprint density at radius 1 is 1.25 bits per heavy atom. The molecule has 0 aromatic heterocycles. The first kappa shape index (κ1) is 22.8. The first-order chi connectivity index (χ1) is 13.3. The molecule has 1 aliphatic heterocycles. The van der Waals surface area contributed by atoms with Crippen LogP contribution in [0.3, 0.4) is 0 Å². The molecule has 0 spiro atoms. The predicted octanol–water partition coefficient (Wildman–Crippen LogP) is 2.50. The van der Waals surface area contributed by atoms with Crippen LogP contribution in [0.1, 0.15) is 32.1 Å². The normalized spacial score (nSPS) is 15.7. The maximum atomic E-state index is 12.4. The number of nitrogens with zero attached hydrogens (tertiary/aromatic N) is 2. The summed E-state index contributed by atoms with van der Waals surface area (Å²) in [7, 11) is -2.25. The van der Waals surface area contributed by atoms with Crippen molar-refractivity contribution >= 4 is 33.2 Å². The van der Waals surface area contributed by atoms with Gasteiger partial charge in [-0.15, -0.1) is 0 Å². The van der Waals surface area contributed by atoms with Gasteiger partial charge < -0.3 is 15.0 Å². The van der Waals surface area contributed by atoms with Crippen molar-refractivity contribution in [3.8, 4) is 5.75 Å². The summed E-state index contributed by atoms with van der Waals surface area (Å²) >= 11 is 6.01. The van der Waals surface area contributed by atoms with E-state index in [9.17, 15) is 13.2 Å². The van der Waals surface area contributed by atoms with Gasteiger partial charge in [0.25, 0.3) is 0 Å². The van der Waals surface area contributed by atoms with Crippen LogP contribution in [0.2, 0.25) is 5.02 Å². The molecule has 0 aliphatic carbocycles. The van der Waals surface area contributed by atoms with Crippen molar-refractivity contribution in [3.63, 3.8) is 0 Å². The Labute approximate surface area is 173 Å². The third kappa shape index (κ3) is 7.14. The number of rotatable bonds is 9. The third-order valence-corrected chi connectivity index (χ3v) is 6.13. The zero-order valence-corrected chi connectivity index (χ0v) is 18.2. The van der Waals surface area contributed by atoms with Gasteiger partial charge in [-0.1, -0.05) is 24.4 Å². The van der Waals surface area contributed by atoms with Crippen LogP contribution in [0.25, 0.3) is 0 Å². The minimum absolute atomic E-state index is 0.247. The Morgan fingerprint density at radius 3 is 2.54 bits per heavy atom. The molecule has 1 aromatic carbocycles. The SMILES string of the molecule is COc1ccc(Cl)cc1N(CC(=O)NCCCN1CCCCCC1)S(C)(=O)=O. The summed E-state index contributed by atoms with van der Waals surface area (Å²) in [5.41, 5.74) is 0.247. The average Bonchev–Trinajstić information content (AvgIpc) is 2.91. The summed E-state index contributed by atoms with van der Waals surface area (Å²) < 4.78 is 30.8. The zero-order valence-electron chi connectivity index (χ0n) is 16.6. The highest BCUT2D eigenvalue weighted by molar-refractivity contribution is 7.92. The number of methoxy groups -OCH3 is 1. The van der Waals surface area contributed by atoms with E-state index < -0.39 is 10.0 Å². The van der Waals surface area contributed by atoms with Crippen LogP contribution >= 0.6 is 11.6 Å². The minimum Gasteiger partial charge on any atom is -0.495 e. The molecule has 0 saturated carbocycles. The van der Waals surface area contributed by atoms with Crippen LogP contribution in [0.5, 0.6) is 5.75 Å². The predicted molar refractivity (Wildman–Crippen MR) is 113 cm³/mol. The molecule has 1 saturated heterocycles. The van der Waals surface area contributed by atoms with Gasteiger partial charge in [0, 0.05) is 11.6 Å². The number of ether oxygens (including phenoxy) is 1. The lowest BCUT2D eigenvalue weighted by Crippen LogP contribution is -2.41. The van der Waals surface area contributed by atoms with Crippen LogP contribution in [0.15, 0.2) is 18.2 Å². The molecule has 1 aliphatic rings. The van der Waals surface area contributed by atoms with Crippen molar-refractivity contribution in [2.75, 3.05) is 50.4 Å². The van der Waals surface area contributed by atoms with Crippen molar-refractivity contribution in [1.29, 1.82) is 0 Å². The summed E-state index contributed by atoms with van der Waals surface area (Å²) in [6.07, 6.45) is 6.95. The maximum Gasteiger partial charge on any atom is 0.240 e. The molecule has 1 aromatic rings. The van der Waals surface area contributed by atoms with E-state index in [0.717, 1.165) is 36.6 Å². The number of sulfonamides is 1. The molecule has 2 rings (SSSR count). The minimum atomic E-state index is -3.69. The Balaban J connectivity index is 1.92. The van der Waals surface area contributed by atoms with E-state index in [1.165, 1.54) is 38.9 Å². The van der Waals surface area contributed by atoms with Gasteiger partial charge in [-0.3, -0.25) is 9.10 Å². The van der Waals surface area contributed by atoms with Gasteiger partial charge >= 0.3 is 0 Å². The second-order valence-corrected chi connectivity index (χ2v) is 9.39. The van der Waals surface area contributed by atoms with E-state index in [1.54, 1.807) is 12.1 Å². The van der Waals surface area contributed by atoms with Gasteiger partial charge in [-0.25, -0.2) is 8.42 Å². The molecule has 0 bridgehead atoms. The van der Waals surface area contributed by atoms with E-state index in [-0.39, 0.29) is 18.1 Å². The molecule has 0 atom stereocenters. The van der Waals surface area contributed by atoms with Crippen LogP contribution in [-0.4, -0.2) is 65.3 Å². The van der Waals surface area contributed by atoms with Gasteiger partial charge in [0.2, 0.25) is 15.9 Å². The molecule has 0 unspecified atom stereocenters. The van der Waals surface area contributed by atoms with Crippen LogP contribution in [0, 0.1) is 0 Å². The van der Waals surface area contributed by atoms with Crippen molar-refractivity contribution in [2.45, 2.75) is 32.1 Å². The van der Waals surface area contributed by atoms with E-state index in [2.05, 4.69) is 10.2 Å². The zero-order chi connectivity index (χ0) is 20.6. The Bertz CT molecular complexity index is 750. The van der Waals surface area contributed by atoms with Crippen molar-refractivity contribution in [1.82, 2.24) is 10.2 Å². The first-order valence-electron chi connectivity index (χ1n) is 9.61. The van der Waals surface area contributed by atoms with Gasteiger partial charge in [-0.2, -0.15) is 0 Å². The average molecular weight is 432 g/mol. The highest BCUT2D eigenvalue weighted by atomic mass is 35.5. The standard InChI is InChI=1S/C19H30ClN3O4S/c1-27-18-9-8-16(20)14-17(18)23(28(2,25)26)15-19(24)21-10-7-13-22-11-5-3-4-6-12-22/h8-9,14H,3-7,10-13,15H2,1-2H3,(H,21,24). The van der Waals surface area contributed by atoms with Crippen LogP contribution in [-0.2, 0) is 14.8 Å². The smallest absolute Gasteiger partial charge is 0.240 e. The molecule has 1 N–H and O–H groups in total. The number of halogens is 1. The lowest BCUT2D eigenvalue weighted by molar-refractivity contribution is -0.119. The topological polar surface area (TPSA) is 79.0 Å². The fraction of sp³-hybridized carbons (Fsp3) is 0.632. The Hall–Kier alpha value is -1.51. The van der Waals surface area contributed by atoms with Gasteiger partial charge in [-0.05, 0) is 57.1 Å². The molecule has 1 amide bonds. The lowest BCUT2D eigenvalue weighted by Gasteiger charge is -2.24. The molecule has 7 nitrogen and oxygen atoms in total. The number of benzene rings is 1. The second kappa shape index (κ2) is 10.9. The number of carbonyl (C=O) groups is 1. The maximum absolute atomic E-state index is 12.4. The largest absolute Gasteiger partial charge is 0.495 e. The Kier molecular flexibility index (Phi) is 8.85. The second-order valence-electron chi connectivity index (χ2n) is 7.05. The number of hydrogen-bond acceptors (Lipinski definition) is 5. The molecular formula is C19H30ClN3O4S. The molecule has 158 valence electrons. The fourth-order valence-corrected chi connectivity index (χ4v) is 4.33. The summed E-state index contributed by atoms with van der Waals surface area (Å²) in [6, 6.07) is 4.66. The van der Waals surface area contributed by atoms with E-state index in [1.807, 2.05) is 0 Å². The van der Waals surface area contributed by atoms with Crippen molar-refractivity contribution in [3.05, 3.63) is 23.2 Å². The van der Waals surface area contributed by atoms with Crippen LogP contribution < -0.4 is 14.4 Å². The Morgan fingerprint density at radius 2 is 1.93 bits per heavy atom. The molecule has 0 radical (unpaired) electrons. The molecular weight excluding hydrogens is 402 g/mol. The fourth-order valence-electron chi connectivity index (χ4n) is 3.32. The van der Waals surface area contributed by atoms with Gasteiger partial charge in [0.1, 0.15) is 12.3 Å². The lowest BCUT2D eigenvalue weighted by atomic mass is 10.2. The van der Waals surface area contributed by atoms with Crippen molar-refractivity contribution < 1.29 is 17.9 Å². The van der Waals surface area contributed by atoms with E-state index in [0.29, 0.717) is 17.3 Å². The number of hydrogen-bond donors (Lipinski definition) is 1. The highest BCUT2D eigenvalue weighted by Crippen LogP contribution is 2.32. The molecule has 28 heavy (non-hydrogen) atoms. The molecule has 1 heterocycles. The van der Waals surface area contributed by atoms with Gasteiger partial charge in [0.05, 0.1) is 19.1 Å². The number of carbonyl (C=O) groups excluding carboxylic acids is 1. The summed E-state index contributed by atoms with van der Waals surface area (Å²) in [5.74, 6) is -0.0212. The number of anilines is 1. The number of amides is 1. The molecule has 9 heteroatoms. The van der Waals surface area contributed by atoms with Crippen molar-refractivity contribution in [2.24, 2.45) is 0 Å². The van der Waals surface area contributed by atoms with Crippen LogP contribution in [0.4, 0.5) is 5.69 Å². The summed E-state index contributed by atoms with van der Waals surface area (Å²) in [6.45, 7) is 3.37.